The lowest BCUT2D eigenvalue weighted by atomic mass is 10.2. The summed E-state index contributed by atoms with van der Waals surface area (Å²) < 4.78 is 0. The van der Waals surface area contributed by atoms with E-state index in [1.165, 1.54) is 0 Å². The molecule has 1 rings (SSSR count). The van der Waals surface area contributed by atoms with E-state index in [1.807, 2.05) is 19.1 Å². The zero-order valence-corrected chi connectivity index (χ0v) is 7.64. The molecule has 0 aliphatic carbocycles. The Morgan fingerprint density at radius 2 is 2.08 bits per heavy atom. The van der Waals surface area contributed by atoms with Crippen molar-refractivity contribution < 1.29 is 0 Å². The molecule has 0 fully saturated rings. The van der Waals surface area contributed by atoms with Crippen molar-refractivity contribution >= 4 is 12.0 Å². The van der Waals surface area contributed by atoms with Crippen molar-refractivity contribution in [2.24, 2.45) is 5.73 Å². The molecule has 0 aromatic carbocycles. The van der Waals surface area contributed by atoms with E-state index in [4.69, 9.17) is 11.5 Å². The number of nitrogens with two attached hydrogens (primary N) is 2. The van der Waals surface area contributed by atoms with Gasteiger partial charge in [-0.25, -0.2) is 9.97 Å². The molecule has 0 amide bonds. The van der Waals surface area contributed by atoms with E-state index in [9.17, 15) is 0 Å². The van der Waals surface area contributed by atoms with Gasteiger partial charge in [-0.1, -0.05) is 12.2 Å². The molecule has 1 aromatic heterocycles. The van der Waals surface area contributed by atoms with Gasteiger partial charge in [0.25, 0.3) is 0 Å². The van der Waals surface area contributed by atoms with E-state index >= 15 is 0 Å². The molecule has 0 unspecified atom stereocenters. The molecule has 70 valence electrons. The van der Waals surface area contributed by atoms with Crippen LogP contribution in [0, 0.1) is 0 Å². The van der Waals surface area contributed by atoms with Crippen molar-refractivity contribution in [2.75, 3.05) is 5.73 Å². The second-order valence-corrected chi connectivity index (χ2v) is 2.99. The summed E-state index contributed by atoms with van der Waals surface area (Å²) in [6, 6.07) is 0.186. The fraction of sp³-hybridized carbons (Fsp3) is 0.333. The smallest absolute Gasteiger partial charge is 0.219 e. The third-order valence-corrected chi connectivity index (χ3v) is 1.51. The number of hydrogen-bond acceptors (Lipinski definition) is 4. The molecule has 0 saturated heterocycles. The molecule has 0 radical (unpaired) electrons. The van der Waals surface area contributed by atoms with Gasteiger partial charge in [0.2, 0.25) is 5.95 Å². The van der Waals surface area contributed by atoms with Crippen molar-refractivity contribution in [1.82, 2.24) is 9.97 Å². The van der Waals surface area contributed by atoms with Crippen molar-refractivity contribution in [3.05, 3.63) is 24.0 Å². The summed E-state index contributed by atoms with van der Waals surface area (Å²) in [5, 5.41) is 0. The third-order valence-electron chi connectivity index (χ3n) is 1.51. The van der Waals surface area contributed by atoms with Gasteiger partial charge in [-0.05, 0) is 13.3 Å². The molecule has 0 bridgehead atoms. The number of nitrogen functional groups attached to an aromatic ring is 1. The average Bonchev–Trinajstić information content (AvgIpc) is 2.08. The summed E-state index contributed by atoms with van der Waals surface area (Å²) >= 11 is 0. The highest BCUT2D eigenvalue weighted by Gasteiger charge is 1.90. The second-order valence-electron chi connectivity index (χ2n) is 2.99. The highest BCUT2D eigenvalue weighted by Crippen LogP contribution is 2.01. The van der Waals surface area contributed by atoms with E-state index in [0.29, 0.717) is 5.95 Å². The quantitative estimate of drug-likeness (QED) is 0.718. The lowest BCUT2D eigenvalue weighted by molar-refractivity contribution is 0.759. The van der Waals surface area contributed by atoms with E-state index in [0.717, 1.165) is 12.0 Å². The zero-order valence-electron chi connectivity index (χ0n) is 7.64. The molecule has 0 aliphatic rings. The van der Waals surface area contributed by atoms with E-state index in [1.54, 1.807) is 12.4 Å². The molecule has 1 aromatic rings. The maximum atomic E-state index is 5.58. The van der Waals surface area contributed by atoms with E-state index in [2.05, 4.69) is 9.97 Å². The molecule has 13 heavy (non-hydrogen) atoms. The summed E-state index contributed by atoms with van der Waals surface area (Å²) in [5.74, 6) is 0.296. The van der Waals surface area contributed by atoms with Crippen molar-refractivity contribution in [1.29, 1.82) is 0 Å². The Labute approximate surface area is 77.7 Å². The Kier molecular flexibility index (Phi) is 3.40. The first-order chi connectivity index (χ1) is 6.18. The van der Waals surface area contributed by atoms with Gasteiger partial charge in [-0.2, -0.15) is 0 Å². The predicted molar refractivity (Wildman–Crippen MR) is 53.7 cm³/mol. The van der Waals surface area contributed by atoms with Crippen LogP contribution in [-0.2, 0) is 0 Å². The minimum Gasteiger partial charge on any atom is -0.368 e. The van der Waals surface area contributed by atoms with Gasteiger partial charge < -0.3 is 11.5 Å². The lowest BCUT2D eigenvalue weighted by Crippen LogP contribution is -2.12. The largest absolute Gasteiger partial charge is 0.368 e. The molecule has 1 heterocycles. The van der Waals surface area contributed by atoms with Gasteiger partial charge in [-0.3, -0.25) is 0 Å². The number of nitrogens with zero attached hydrogens (tertiary/aromatic N) is 2. The van der Waals surface area contributed by atoms with Crippen LogP contribution in [0.2, 0.25) is 0 Å². The monoisotopic (exact) mass is 178 g/mol. The second kappa shape index (κ2) is 4.57. The van der Waals surface area contributed by atoms with Crippen molar-refractivity contribution in [2.45, 2.75) is 19.4 Å². The maximum absolute atomic E-state index is 5.58. The third kappa shape index (κ3) is 3.66. The number of aromatic nitrogens is 2. The molecule has 4 nitrogen and oxygen atoms in total. The SMILES string of the molecule is C[C@H](N)C/C=C/c1cnc(N)nc1. The summed E-state index contributed by atoms with van der Waals surface area (Å²) in [5.41, 5.74) is 11.9. The van der Waals surface area contributed by atoms with Crippen LogP contribution in [0.1, 0.15) is 18.9 Å². The summed E-state index contributed by atoms with van der Waals surface area (Å²) in [6.07, 6.45) is 8.15. The highest BCUT2D eigenvalue weighted by molar-refractivity contribution is 5.47. The Balaban J connectivity index is 2.54. The molecule has 1 atom stereocenters. The molecule has 0 saturated carbocycles. The first-order valence-electron chi connectivity index (χ1n) is 4.18. The van der Waals surface area contributed by atoms with Gasteiger partial charge >= 0.3 is 0 Å². The van der Waals surface area contributed by atoms with Crippen LogP contribution in [0.3, 0.4) is 0 Å². The average molecular weight is 178 g/mol. The minimum atomic E-state index is 0.186. The van der Waals surface area contributed by atoms with E-state index in [-0.39, 0.29) is 6.04 Å². The summed E-state index contributed by atoms with van der Waals surface area (Å²) in [4.78, 5) is 7.72. The van der Waals surface area contributed by atoms with Gasteiger partial charge in [-0.15, -0.1) is 0 Å². The number of rotatable bonds is 3. The molecule has 0 aliphatic heterocycles. The Hall–Kier alpha value is -1.42. The fourth-order valence-corrected chi connectivity index (χ4v) is 0.853. The normalized spacial score (nSPS) is 13.4. The van der Waals surface area contributed by atoms with Crippen LogP contribution in [-0.4, -0.2) is 16.0 Å². The number of hydrogen-bond donors (Lipinski definition) is 2. The zero-order chi connectivity index (χ0) is 9.68. The Morgan fingerprint density at radius 3 is 2.62 bits per heavy atom. The van der Waals surface area contributed by atoms with Crippen LogP contribution in [0.25, 0.3) is 6.08 Å². The van der Waals surface area contributed by atoms with Gasteiger partial charge in [0.1, 0.15) is 0 Å². The van der Waals surface area contributed by atoms with Crippen molar-refractivity contribution in [3.63, 3.8) is 0 Å². The summed E-state index contributed by atoms with van der Waals surface area (Å²) in [6.45, 7) is 1.96. The Morgan fingerprint density at radius 1 is 1.46 bits per heavy atom. The van der Waals surface area contributed by atoms with Crippen LogP contribution in [0.15, 0.2) is 18.5 Å². The molecular weight excluding hydrogens is 164 g/mol. The van der Waals surface area contributed by atoms with Gasteiger partial charge in [0.05, 0.1) is 0 Å². The molecule has 4 N–H and O–H groups in total. The lowest BCUT2D eigenvalue weighted by Gasteiger charge is -1.97. The van der Waals surface area contributed by atoms with Gasteiger partial charge in [0, 0.05) is 24.0 Å². The van der Waals surface area contributed by atoms with Crippen LogP contribution in [0.4, 0.5) is 5.95 Å². The molecule has 0 spiro atoms. The number of anilines is 1. The summed E-state index contributed by atoms with van der Waals surface area (Å²) in [7, 11) is 0. The first-order valence-corrected chi connectivity index (χ1v) is 4.18. The van der Waals surface area contributed by atoms with Crippen LogP contribution in [0.5, 0.6) is 0 Å². The van der Waals surface area contributed by atoms with E-state index < -0.39 is 0 Å². The Bertz CT molecular complexity index is 276. The molecular formula is C9H14N4. The maximum Gasteiger partial charge on any atom is 0.219 e. The fourth-order valence-electron chi connectivity index (χ4n) is 0.853. The predicted octanol–water partition coefficient (Wildman–Crippen LogP) is 0.809. The molecule has 4 heteroatoms. The topological polar surface area (TPSA) is 77.8 Å². The first kappa shape index (κ1) is 9.67. The van der Waals surface area contributed by atoms with Crippen LogP contribution >= 0.6 is 0 Å². The van der Waals surface area contributed by atoms with Gasteiger partial charge in [0.15, 0.2) is 0 Å². The van der Waals surface area contributed by atoms with Crippen molar-refractivity contribution in [3.8, 4) is 0 Å². The highest BCUT2D eigenvalue weighted by atomic mass is 15.0. The minimum absolute atomic E-state index is 0.186. The van der Waals surface area contributed by atoms with Crippen LogP contribution < -0.4 is 11.5 Å². The standard InChI is InChI=1S/C9H14N4/c1-7(10)3-2-4-8-5-12-9(11)13-6-8/h2,4-7H,3,10H2,1H3,(H2,11,12,13)/b4-2+/t7-/m0/s1.